The topological polar surface area (TPSA) is 34.1 Å². The highest BCUT2D eigenvalue weighted by Gasteiger charge is 2.25. The largest absolute Gasteiger partial charge is 0.229 e. The predicted octanol–water partition coefficient (Wildman–Crippen LogP) is 3.04. The van der Waals surface area contributed by atoms with Gasteiger partial charge in [0.15, 0.2) is 9.84 Å². The summed E-state index contributed by atoms with van der Waals surface area (Å²) in [6.45, 7) is 1.75. The maximum atomic E-state index is 11.5. The molecule has 0 aliphatic heterocycles. The van der Waals surface area contributed by atoms with Gasteiger partial charge in [-0.25, -0.2) is 8.42 Å². The Labute approximate surface area is 111 Å². The molecule has 0 N–H and O–H groups in total. The van der Waals surface area contributed by atoms with Crippen LogP contribution in [0.1, 0.15) is 34.9 Å². The van der Waals surface area contributed by atoms with Crippen LogP contribution in [0.4, 0.5) is 0 Å². The van der Waals surface area contributed by atoms with Crippen LogP contribution in [0.15, 0.2) is 18.2 Å². The van der Waals surface area contributed by atoms with E-state index < -0.39 is 15.1 Å². The Morgan fingerprint density at radius 1 is 1.24 bits per heavy atom. The van der Waals surface area contributed by atoms with Gasteiger partial charge >= 0.3 is 0 Å². The molecule has 0 fully saturated rings. The van der Waals surface area contributed by atoms with Crippen molar-refractivity contribution in [2.75, 3.05) is 6.26 Å². The number of halogens is 1. The third-order valence-corrected chi connectivity index (χ3v) is 6.82. The number of sulfone groups is 1. The van der Waals surface area contributed by atoms with Gasteiger partial charge in [-0.2, -0.15) is 0 Å². The predicted molar refractivity (Wildman–Crippen MR) is 74.4 cm³/mol. The molecular weight excluding hydrogens is 300 g/mol. The van der Waals surface area contributed by atoms with Crippen molar-refractivity contribution in [3.05, 3.63) is 34.9 Å². The van der Waals surface area contributed by atoms with Gasteiger partial charge in [0.1, 0.15) is 0 Å². The molecule has 2 unspecified atom stereocenters. The minimum Gasteiger partial charge on any atom is -0.229 e. The summed E-state index contributed by atoms with van der Waals surface area (Å²) in [5.74, 6) is 0. The van der Waals surface area contributed by atoms with E-state index in [1.165, 1.54) is 23.8 Å². The summed E-state index contributed by atoms with van der Waals surface area (Å²) >= 11 is 3.52. The molecule has 17 heavy (non-hydrogen) atoms. The molecule has 0 saturated carbocycles. The molecule has 0 heterocycles. The molecule has 0 aromatic heterocycles. The van der Waals surface area contributed by atoms with E-state index in [-0.39, 0.29) is 4.83 Å². The van der Waals surface area contributed by atoms with E-state index in [1.54, 1.807) is 6.92 Å². The minimum absolute atomic E-state index is 0.122. The third kappa shape index (κ3) is 2.74. The summed E-state index contributed by atoms with van der Waals surface area (Å²) in [7, 11) is -3.01. The van der Waals surface area contributed by atoms with Crippen LogP contribution in [0.2, 0.25) is 0 Å². The number of hydrogen-bond donors (Lipinski definition) is 0. The molecule has 1 aromatic rings. The van der Waals surface area contributed by atoms with E-state index in [0.29, 0.717) is 0 Å². The first kappa shape index (κ1) is 13.1. The van der Waals surface area contributed by atoms with Gasteiger partial charge in [0, 0.05) is 6.26 Å². The standard InChI is InChI=1S/C13H17BrO2S/c1-9(17(2,15)16)13(14)12-7-6-10-4-3-5-11(10)8-12/h6-9,13H,3-5H2,1-2H3. The number of rotatable bonds is 3. The van der Waals surface area contributed by atoms with Gasteiger partial charge in [0.2, 0.25) is 0 Å². The van der Waals surface area contributed by atoms with Gasteiger partial charge in [-0.3, -0.25) is 0 Å². The van der Waals surface area contributed by atoms with Gasteiger partial charge in [-0.05, 0) is 42.9 Å². The summed E-state index contributed by atoms with van der Waals surface area (Å²) in [5, 5.41) is -0.401. The van der Waals surface area contributed by atoms with Gasteiger partial charge in [0.25, 0.3) is 0 Å². The Kier molecular flexibility index (Phi) is 3.64. The summed E-state index contributed by atoms with van der Waals surface area (Å²) in [5.41, 5.74) is 3.87. The number of alkyl halides is 1. The van der Waals surface area contributed by atoms with E-state index in [1.807, 2.05) is 6.07 Å². The first-order valence-electron chi connectivity index (χ1n) is 5.84. The Morgan fingerprint density at radius 3 is 2.53 bits per heavy atom. The zero-order valence-corrected chi connectivity index (χ0v) is 12.5. The molecule has 1 aromatic carbocycles. The second kappa shape index (κ2) is 4.73. The number of fused-ring (bicyclic) bond motifs is 1. The van der Waals surface area contributed by atoms with Crippen molar-refractivity contribution in [3.63, 3.8) is 0 Å². The van der Waals surface area contributed by atoms with E-state index >= 15 is 0 Å². The van der Waals surface area contributed by atoms with Crippen LogP contribution < -0.4 is 0 Å². The third-order valence-electron chi connectivity index (χ3n) is 3.53. The van der Waals surface area contributed by atoms with Crippen LogP contribution >= 0.6 is 15.9 Å². The van der Waals surface area contributed by atoms with Crippen molar-refractivity contribution in [2.45, 2.75) is 36.3 Å². The molecule has 2 rings (SSSR count). The first-order valence-corrected chi connectivity index (χ1v) is 8.71. The van der Waals surface area contributed by atoms with Crippen LogP contribution in [-0.4, -0.2) is 19.9 Å². The maximum absolute atomic E-state index is 11.5. The SMILES string of the molecule is CC(C(Br)c1ccc2c(c1)CCC2)S(C)(=O)=O. The summed E-state index contributed by atoms with van der Waals surface area (Å²) < 4.78 is 23.1. The van der Waals surface area contributed by atoms with E-state index in [0.717, 1.165) is 18.4 Å². The van der Waals surface area contributed by atoms with Crippen molar-refractivity contribution in [1.29, 1.82) is 0 Å². The average Bonchev–Trinajstić information content (AvgIpc) is 2.72. The summed E-state index contributed by atoms with van der Waals surface area (Å²) in [6.07, 6.45) is 4.78. The molecular formula is C13H17BrO2S. The quantitative estimate of drug-likeness (QED) is 0.803. The molecule has 0 saturated heterocycles. The number of hydrogen-bond acceptors (Lipinski definition) is 2. The Morgan fingerprint density at radius 2 is 1.88 bits per heavy atom. The summed E-state index contributed by atoms with van der Waals surface area (Å²) in [6, 6.07) is 6.34. The lowest BCUT2D eigenvalue weighted by Crippen LogP contribution is -2.21. The van der Waals surface area contributed by atoms with E-state index in [2.05, 4.69) is 28.1 Å². The van der Waals surface area contributed by atoms with Crippen molar-refractivity contribution in [2.24, 2.45) is 0 Å². The molecule has 1 aliphatic rings. The van der Waals surface area contributed by atoms with Gasteiger partial charge in [0.05, 0.1) is 10.1 Å². The molecule has 0 radical (unpaired) electrons. The second-order valence-electron chi connectivity index (χ2n) is 4.82. The van der Waals surface area contributed by atoms with Gasteiger partial charge in [-0.1, -0.05) is 34.1 Å². The van der Waals surface area contributed by atoms with Crippen molar-refractivity contribution in [3.8, 4) is 0 Å². The lowest BCUT2D eigenvalue weighted by molar-refractivity contribution is 0.588. The average molecular weight is 317 g/mol. The monoisotopic (exact) mass is 316 g/mol. The molecule has 0 amide bonds. The van der Waals surface area contributed by atoms with E-state index in [9.17, 15) is 8.42 Å². The summed E-state index contributed by atoms with van der Waals surface area (Å²) in [4.78, 5) is -0.122. The smallest absolute Gasteiger partial charge is 0.151 e. The van der Waals surface area contributed by atoms with Crippen LogP contribution in [0.25, 0.3) is 0 Å². The lowest BCUT2D eigenvalue weighted by atomic mass is 10.0. The van der Waals surface area contributed by atoms with Crippen LogP contribution in [0.5, 0.6) is 0 Å². The highest BCUT2D eigenvalue weighted by molar-refractivity contribution is 9.09. The minimum atomic E-state index is -3.01. The highest BCUT2D eigenvalue weighted by Crippen LogP contribution is 2.33. The maximum Gasteiger partial charge on any atom is 0.151 e. The molecule has 1 aliphatic carbocycles. The Bertz CT molecular complexity index is 522. The fraction of sp³-hybridized carbons (Fsp3) is 0.538. The van der Waals surface area contributed by atoms with E-state index in [4.69, 9.17) is 0 Å². The molecule has 0 spiro atoms. The van der Waals surface area contributed by atoms with Crippen molar-refractivity contribution in [1.82, 2.24) is 0 Å². The zero-order chi connectivity index (χ0) is 12.6. The van der Waals surface area contributed by atoms with Crippen LogP contribution in [-0.2, 0) is 22.7 Å². The van der Waals surface area contributed by atoms with Gasteiger partial charge in [-0.15, -0.1) is 0 Å². The zero-order valence-electron chi connectivity index (χ0n) is 10.1. The second-order valence-corrected chi connectivity index (χ2v) is 8.21. The number of benzene rings is 1. The van der Waals surface area contributed by atoms with Crippen molar-refractivity contribution >= 4 is 25.8 Å². The fourth-order valence-corrected chi connectivity index (χ4v) is 4.30. The molecule has 2 nitrogen and oxygen atoms in total. The van der Waals surface area contributed by atoms with Crippen LogP contribution in [0.3, 0.4) is 0 Å². The van der Waals surface area contributed by atoms with Crippen LogP contribution in [0, 0.1) is 0 Å². The molecule has 94 valence electrons. The molecule has 2 atom stereocenters. The molecule has 0 bridgehead atoms. The normalized spacial score (nSPS) is 18.8. The Hall–Kier alpha value is -0.350. The highest BCUT2D eigenvalue weighted by atomic mass is 79.9. The van der Waals surface area contributed by atoms with Crippen molar-refractivity contribution < 1.29 is 8.42 Å². The lowest BCUT2D eigenvalue weighted by Gasteiger charge is -2.18. The fourth-order valence-electron chi connectivity index (χ4n) is 2.25. The van der Waals surface area contributed by atoms with Gasteiger partial charge < -0.3 is 0 Å². The molecule has 4 heteroatoms. The number of aryl methyl sites for hydroxylation is 2. The first-order chi connectivity index (χ1) is 7.89. The Balaban J connectivity index is 2.29.